The number of piperazine rings is 1. The van der Waals surface area contributed by atoms with Crippen molar-refractivity contribution in [3.05, 3.63) is 52.5 Å². The topological polar surface area (TPSA) is 61.9 Å². The van der Waals surface area contributed by atoms with Crippen molar-refractivity contribution < 1.29 is 13.2 Å². The number of methoxy groups -OCH3 is 1. The van der Waals surface area contributed by atoms with E-state index in [4.69, 9.17) is 16.3 Å². The number of hydrogen-bond acceptors (Lipinski definition) is 5. The molecular formula is C22H30ClN3O3S. The third kappa shape index (κ3) is 5.66. The van der Waals surface area contributed by atoms with Gasteiger partial charge in [-0.1, -0.05) is 11.6 Å². The average Bonchev–Trinajstić information content (AvgIpc) is 2.74. The number of nitrogens with zero attached hydrogens (tertiary/aromatic N) is 2. The summed E-state index contributed by atoms with van der Waals surface area (Å²) in [5.41, 5.74) is 3.12. The summed E-state index contributed by atoms with van der Waals surface area (Å²) in [5.74, 6) is 0.379. The van der Waals surface area contributed by atoms with Crippen LogP contribution in [-0.4, -0.2) is 59.7 Å². The van der Waals surface area contributed by atoms with Gasteiger partial charge in [0.25, 0.3) is 0 Å². The first kappa shape index (κ1) is 22.9. The van der Waals surface area contributed by atoms with Gasteiger partial charge >= 0.3 is 0 Å². The summed E-state index contributed by atoms with van der Waals surface area (Å²) in [6, 6.07) is 11.4. The van der Waals surface area contributed by atoms with Crippen molar-refractivity contribution in [1.29, 1.82) is 0 Å². The maximum absolute atomic E-state index is 12.7. The number of halogens is 1. The summed E-state index contributed by atoms with van der Waals surface area (Å²) < 4.78 is 33.5. The molecule has 30 heavy (non-hydrogen) atoms. The summed E-state index contributed by atoms with van der Waals surface area (Å²) >= 11 is 5.96. The Morgan fingerprint density at radius 1 is 1.03 bits per heavy atom. The van der Waals surface area contributed by atoms with Gasteiger partial charge in [-0.05, 0) is 74.3 Å². The van der Waals surface area contributed by atoms with Crippen LogP contribution in [0.1, 0.15) is 17.5 Å². The van der Waals surface area contributed by atoms with Gasteiger partial charge in [0.15, 0.2) is 0 Å². The van der Waals surface area contributed by atoms with E-state index in [0.717, 1.165) is 55.3 Å². The third-order valence-electron chi connectivity index (χ3n) is 5.58. The summed E-state index contributed by atoms with van der Waals surface area (Å²) in [6.45, 7) is 8.92. The number of benzene rings is 2. The van der Waals surface area contributed by atoms with Gasteiger partial charge in [0, 0.05) is 43.4 Å². The molecular weight excluding hydrogens is 422 g/mol. The van der Waals surface area contributed by atoms with Crippen LogP contribution >= 0.6 is 11.6 Å². The predicted molar refractivity (Wildman–Crippen MR) is 122 cm³/mol. The predicted octanol–water partition coefficient (Wildman–Crippen LogP) is 3.46. The zero-order chi connectivity index (χ0) is 21.7. The number of rotatable bonds is 8. The fourth-order valence-corrected chi connectivity index (χ4v) is 5.03. The number of sulfonamides is 1. The van der Waals surface area contributed by atoms with Crippen LogP contribution in [-0.2, 0) is 10.0 Å². The standard InChI is InChI=1S/C22H30ClN3O3S/c1-17-15-21(29-3)22(16-18(17)2)30(27,28)24-9-4-10-25-11-13-26(14-12-25)20-7-5-19(23)6-8-20/h5-8,15-16,24H,4,9-14H2,1-3H3. The minimum absolute atomic E-state index is 0.199. The Hall–Kier alpha value is -1.80. The fourth-order valence-electron chi connectivity index (χ4n) is 3.60. The Labute approximate surface area is 184 Å². The van der Waals surface area contributed by atoms with Crippen molar-refractivity contribution >= 4 is 27.3 Å². The van der Waals surface area contributed by atoms with E-state index in [1.165, 1.54) is 12.8 Å². The number of hydrogen-bond donors (Lipinski definition) is 1. The lowest BCUT2D eigenvalue weighted by molar-refractivity contribution is 0.255. The second-order valence-electron chi connectivity index (χ2n) is 7.64. The Balaban J connectivity index is 1.46. The lowest BCUT2D eigenvalue weighted by atomic mass is 10.1. The molecule has 3 rings (SSSR count). The highest BCUT2D eigenvalue weighted by atomic mass is 35.5. The van der Waals surface area contributed by atoms with Gasteiger partial charge in [-0.2, -0.15) is 0 Å². The molecule has 6 nitrogen and oxygen atoms in total. The lowest BCUT2D eigenvalue weighted by Gasteiger charge is -2.36. The van der Waals surface area contributed by atoms with E-state index in [-0.39, 0.29) is 4.90 Å². The second-order valence-corrected chi connectivity index (χ2v) is 9.82. The van der Waals surface area contributed by atoms with Crippen LogP contribution in [0.25, 0.3) is 0 Å². The zero-order valence-corrected chi connectivity index (χ0v) is 19.4. The van der Waals surface area contributed by atoms with Gasteiger partial charge in [-0.15, -0.1) is 0 Å². The minimum atomic E-state index is -3.61. The highest BCUT2D eigenvalue weighted by molar-refractivity contribution is 7.89. The van der Waals surface area contributed by atoms with Gasteiger partial charge in [0.2, 0.25) is 10.0 Å². The largest absolute Gasteiger partial charge is 0.495 e. The van der Waals surface area contributed by atoms with E-state index in [1.54, 1.807) is 12.1 Å². The summed E-state index contributed by atoms with van der Waals surface area (Å²) in [5, 5.41) is 0.748. The van der Waals surface area contributed by atoms with E-state index in [0.29, 0.717) is 12.3 Å². The molecule has 0 unspecified atom stereocenters. The van der Waals surface area contributed by atoms with Gasteiger partial charge in [0.05, 0.1) is 7.11 Å². The third-order valence-corrected chi connectivity index (χ3v) is 7.31. The first-order valence-corrected chi connectivity index (χ1v) is 12.0. The molecule has 2 aromatic carbocycles. The molecule has 1 N–H and O–H groups in total. The van der Waals surface area contributed by atoms with Crippen molar-refractivity contribution in [3.63, 3.8) is 0 Å². The van der Waals surface area contributed by atoms with Crippen molar-refractivity contribution in [2.45, 2.75) is 25.2 Å². The van der Waals surface area contributed by atoms with Crippen LogP contribution in [0.5, 0.6) is 5.75 Å². The highest BCUT2D eigenvalue weighted by Gasteiger charge is 2.21. The molecule has 0 atom stereocenters. The van der Waals surface area contributed by atoms with Crippen molar-refractivity contribution in [2.24, 2.45) is 0 Å². The average molecular weight is 452 g/mol. The molecule has 0 radical (unpaired) electrons. The van der Waals surface area contributed by atoms with E-state index < -0.39 is 10.0 Å². The van der Waals surface area contributed by atoms with E-state index in [1.807, 2.05) is 38.1 Å². The molecule has 0 saturated carbocycles. The SMILES string of the molecule is COc1cc(C)c(C)cc1S(=O)(=O)NCCCN1CCN(c2ccc(Cl)cc2)CC1. The van der Waals surface area contributed by atoms with Crippen molar-refractivity contribution in [3.8, 4) is 5.75 Å². The van der Waals surface area contributed by atoms with Crippen molar-refractivity contribution in [1.82, 2.24) is 9.62 Å². The van der Waals surface area contributed by atoms with Crippen LogP contribution in [0.2, 0.25) is 5.02 Å². The Morgan fingerprint density at radius 3 is 2.30 bits per heavy atom. The fraction of sp³-hybridized carbons (Fsp3) is 0.455. The first-order chi connectivity index (χ1) is 14.3. The molecule has 0 aliphatic carbocycles. The van der Waals surface area contributed by atoms with E-state index >= 15 is 0 Å². The summed E-state index contributed by atoms with van der Waals surface area (Å²) in [4.78, 5) is 4.92. The smallest absolute Gasteiger partial charge is 0.244 e. The second kappa shape index (κ2) is 10.0. The number of anilines is 1. The van der Waals surface area contributed by atoms with Crippen LogP contribution in [0.4, 0.5) is 5.69 Å². The van der Waals surface area contributed by atoms with Crippen molar-refractivity contribution in [2.75, 3.05) is 51.3 Å². The number of aryl methyl sites for hydroxylation is 2. The molecule has 1 aliphatic rings. The Bertz CT molecular complexity index is 956. The van der Waals surface area contributed by atoms with E-state index in [9.17, 15) is 8.42 Å². The summed E-state index contributed by atoms with van der Waals surface area (Å²) in [7, 11) is -2.11. The molecule has 0 amide bonds. The first-order valence-electron chi connectivity index (χ1n) is 10.2. The quantitative estimate of drug-likeness (QED) is 0.623. The maximum Gasteiger partial charge on any atom is 0.244 e. The molecule has 1 heterocycles. The normalized spacial score (nSPS) is 15.4. The molecule has 164 valence electrons. The molecule has 8 heteroatoms. The number of nitrogens with one attached hydrogen (secondary N) is 1. The summed E-state index contributed by atoms with van der Waals surface area (Å²) in [6.07, 6.45) is 0.757. The van der Waals surface area contributed by atoms with Gasteiger partial charge in [-0.3, -0.25) is 4.90 Å². The minimum Gasteiger partial charge on any atom is -0.495 e. The lowest BCUT2D eigenvalue weighted by Crippen LogP contribution is -2.47. The van der Waals surface area contributed by atoms with Crippen LogP contribution in [0, 0.1) is 13.8 Å². The van der Waals surface area contributed by atoms with Gasteiger partial charge in [0.1, 0.15) is 10.6 Å². The molecule has 0 aromatic heterocycles. The monoisotopic (exact) mass is 451 g/mol. The van der Waals surface area contributed by atoms with Crippen LogP contribution in [0.3, 0.4) is 0 Å². The van der Waals surface area contributed by atoms with Crippen LogP contribution < -0.4 is 14.4 Å². The molecule has 1 aliphatic heterocycles. The molecule has 2 aromatic rings. The maximum atomic E-state index is 12.7. The zero-order valence-electron chi connectivity index (χ0n) is 17.8. The molecule has 0 spiro atoms. The molecule has 1 fully saturated rings. The molecule has 0 bridgehead atoms. The van der Waals surface area contributed by atoms with Gasteiger partial charge < -0.3 is 9.64 Å². The Morgan fingerprint density at radius 2 is 1.67 bits per heavy atom. The number of ether oxygens (including phenoxy) is 1. The molecule has 1 saturated heterocycles. The van der Waals surface area contributed by atoms with E-state index in [2.05, 4.69) is 14.5 Å². The Kier molecular flexibility index (Phi) is 7.63. The van der Waals surface area contributed by atoms with Gasteiger partial charge in [-0.25, -0.2) is 13.1 Å². The van der Waals surface area contributed by atoms with Crippen LogP contribution in [0.15, 0.2) is 41.3 Å². The highest BCUT2D eigenvalue weighted by Crippen LogP contribution is 2.27.